The zero-order valence-electron chi connectivity index (χ0n) is 21.4. The Morgan fingerprint density at radius 3 is 2.00 bits per heavy atom. The van der Waals surface area contributed by atoms with E-state index in [0.717, 1.165) is 31.2 Å². The van der Waals surface area contributed by atoms with Gasteiger partial charge in [0.15, 0.2) is 0 Å². The third-order valence-electron chi connectivity index (χ3n) is 7.85. The minimum Gasteiger partial charge on any atom is -0.458 e. The van der Waals surface area contributed by atoms with Gasteiger partial charge in [-0.1, -0.05) is 81.8 Å². The molecule has 0 unspecified atom stereocenters. The maximum Gasteiger partial charge on any atom is 0.338 e. The Labute approximate surface area is 209 Å². The molecular weight excluding hydrogens is 436 g/mol. The van der Waals surface area contributed by atoms with Gasteiger partial charge >= 0.3 is 11.9 Å². The Morgan fingerprint density at radius 2 is 1.46 bits per heavy atom. The van der Waals surface area contributed by atoms with Crippen LogP contribution in [0.15, 0.2) is 78.4 Å². The van der Waals surface area contributed by atoms with Crippen LogP contribution in [0.2, 0.25) is 0 Å². The molecule has 0 amide bonds. The Kier molecular flexibility index (Phi) is 6.77. The second kappa shape index (κ2) is 9.49. The van der Waals surface area contributed by atoms with Gasteiger partial charge in [-0.3, -0.25) is 4.79 Å². The van der Waals surface area contributed by atoms with Crippen LogP contribution in [-0.2, 0) is 16.0 Å². The van der Waals surface area contributed by atoms with E-state index in [1.807, 2.05) is 18.2 Å². The minimum absolute atomic E-state index is 0.0804. The first kappa shape index (κ1) is 25.0. The Morgan fingerprint density at radius 1 is 0.886 bits per heavy atom. The van der Waals surface area contributed by atoms with Crippen LogP contribution in [0.3, 0.4) is 0 Å². The summed E-state index contributed by atoms with van der Waals surface area (Å²) in [6.45, 7) is 13.0. The van der Waals surface area contributed by atoms with Crippen molar-refractivity contribution in [3.05, 3.63) is 89.5 Å². The van der Waals surface area contributed by atoms with Gasteiger partial charge in [0.25, 0.3) is 0 Å². The van der Waals surface area contributed by atoms with Gasteiger partial charge in [0, 0.05) is 0 Å². The summed E-state index contributed by atoms with van der Waals surface area (Å²) in [5.74, 6) is -0.198. The van der Waals surface area contributed by atoms with Gasteiger partial charge in [-0.25, -0.2) is 4.79 Å². The fourth-order valence-electron chi connectivity index (χ4n) is 5.60. The average Bonchev–Trinajstić information content (AvgIpc) is 3.25. The third-order valence-corrected chi connectivity index (χ3v) is 7.85. The monoisotopic (exact) mass is 472 g/mol. The predicted molar refractivity (Wildman–Crippen MR) is 138 cm³/mol. The van der Waals surface area contributed by atoms with E-state index in [1.165, 1.54) is 17.2 Å². The van der Waals surface area contributed by atoms with E-state index in [2.05, 4.69) is 46.4 Å². The molecule has 2 aromatic carbocycles. The molecule has 4 rings (SSSR count). The molecule has 35 heavy (non-hydrogen) atoms. The Bertz CT molecular complexity index is 1110. The molecule has 0 radical (unpaired) electrons. The SMILES string of the molecule is C=CCOC(=O)c1ccc(OC(=O)C2(Cc3ccccc3)CC3=C(C2)C(C)(C)CCC3(C)C)cc1. The van der Waals surface area contributed by atoms with E-state index in [4.69, 9.17) is 9.47 Å². The van der Waals surface area contributed by atoms with E-state index in [9.17, 15) is 9.59 Å². The van der Waals surface area contributed by atoms with Gasteiger partial charge in [0.2, 0.25) is 0 Å². The minimum atomic E-state index is -0.646. The van der Waals surface area contributed by atoms with Crippen molar-refractivity contribution < 1.29 is 19.1 Å². The standard InChI is InChI=1S/C31H36O4/c1-6-18-34-27(32)23-12-14-24(15-13-23)35-28(33)31(19-22-10-8-7-9-11-22)20-25-26(21-31)30(4,5)17-16-29(25,2)3/h6-15H,1,16-21H2,2-5H3. The topological polar surface area (TPSA) is 52.6 Å². The van der Waals surface area contributed by atoms with E-state index >= 15 is 0 Å². The summed E-state index contributed by atoms with van der Waals surface area (Å²) in [6, 6.07) is 16.8. The van der Waals surface area contributed by atoms with E-state index in [1.54, 1.807) is 24.3 Å². The number of rotatable bonds is 7. The fraction of sp³-hybridized carbons (Fsp3) is 0.419. The zero-order valence-corrected chi connectivity index (χ0v) is 21.4. The molecule has 2 aliphatic rings. The van der Waals surface area contributed by atoms with Crippen LogP contribution in [0.5, 0.6) is 5.75 Å². The number of carbonyl (C=O) groups excluding carboxylic acids is 2. The van der Waals surface area contributed by atoms with Crippen molar-refractivity contribution in [2.75, 3.05) is 6.61 Å². The van der Waals surface area contributed by atoms with Crippen molar-refractivity contribution in [2.24, 2.45) is 16.2 Å². The van der Waals surface area contributed by atoms with Gasteiger partial charge in [-0.05, 0) is 72.8 Å². The molecule has 4 nitrogen and oxygen atoms in total. The molecule has 0 heterocycles. The number of hydrogen-bond acceptors (Lipinski definition) is 4. The first-order chi connectivity index (χ1) is 16.6. The highest BCUT2D eigenvalue weighted by Gasteiger charge is 2.53. The zero-order chi connectivity index (χ0) is 25.3. The van der Waals surface area contributed by atoms with Gasteiger partial charge in [0.1, 0.15) is 12.4 Å². The lowest BCUT2D eigenvalue weighted by Gasteiger charge is -2.41. The number of allylic oxidation sites excluding steroid dienone is 2. The molecule has 2 aliphatic carbocycles. The van der Waals surface area contributed by atoms with Crippen molar-refractivity contribution in [3.63, 3.8) is 0 Å². The first-order valence-electron chi connectivity index (χ1n) is 12.4. The van der Waals surface area contributed by atoms with Gasteiger partial charge in [-0.15, -0.1) is 0 Å². The third kappa shape index (κ3) is 5.12. The van der Waals surface area contributed by atoms with Crippen LogP contribution >= 0.6 is 0 Å². The highest BCUT2D eigenvalue weighted by molar-refractivity contribution is 5.89. The fourth-order valence-corrected chi connectivity index (χ4v) is 5.60. The van der Waals surface area contributed by atoms with Gasteiger partial charge in [-0.2, -0.15) is 0 Å². The van der Waals surface area contributed by atoms with Crippen molar-refractivity contribution >= 4 is 11.9 Å². The molecule has 0 aromatic heterocycles. The molecule has 4 heteroatoms. The summed E-state index contributed by atoms with van der Waals surface area (Å²) >= 11 is 0. The second-order valence-corrected chi connectivity index (χ2v) is 11.3. The number of ether oxygens (including phenoxy) is 2. The van der Waals surface area contributed by atoms with Crippen LogP contribution < -0.4 is 4.74 Å². The summed E-state index contributed by atoms with van der Waals surface area (Å²) < 4.78 is 11.1. The Balaban J connectivity index is 1.61. The van der Waals surface area contributed by atoms with Crippen molar-refractivity contribution in [1.29, 1.82) is 0 Å². The van der Waals surface area contributed by atoms with Crippen molar-refractivity contribution in [1.82, 2.24) is 0 Å². The quantitative estimate of drug-likeness (QED) is 0.245. The smallest absolute Gasteiger partial charge is 0.338 e. The summed E-state index contributed by atoms with van der Waals surface area (Å²) in [5, 5.41) is 0. The molecule has 0 saturated carbocycles. The lowest BCUT2D eigenvalue weighted by Crippen LogP contribution is -2.36. The van der Waals surface area contributed by atoms with E-state index in [-0.39, 0.29) is 23.4 Å². The van der Waals surface area contributed by atoms with E-state index < -0.39 is 11.4 Å². The number of carbonyl (C=O) groups is 2. The molecule has 0 saturated heterocycles. The number of esters is 2. The van der Waals surface area contributed by atoms with Crippen LogP contribution in [0, 0.1) is 16.2 Å². The maximum atomic E-state index is 13.9. The summed E-state index contributed by atoms with van der Waals surface area (Å²) in [7, 11) is 0. The lowest BCUT2D eigenvalue weighted by atomic mass is 9.64. The van der Waals surface area contributed by atoms with Gasteiger partial charge < -0.3 is 9.47 Å². The van der Waals surface area contributed by atoms with Crippen molar-refractivity contribution in [3.8, 4) is 5.75 Å². The molecule has 0 aliphatic heterocycles. The Hall–Kier alpha value is -3.14. The highest BCUT2D eigenvalue weighted by atomic mass is 16.5. The largest absolute Gasteiger partial charge is 0.458 e. The molecule has 0 N–H and O–H groups in total. The summed E-state index contributed by atoms with van der Waals surface area (Å²) in [4.78, 5) is 26.0. The normalized spacial score (nSPS) is 19.5. The molecule has 2 aromatic rings. The van der Waals surface area contributed by atoms with Crippen LogP contribution in [-0.4, -0.2) is 18.5 Å². The second-order valence-electron chi connectivity index (χ2n) is 11.3. The van der Waals surface area contributed by atoms with E-state index in [0.29, 0.717) is 17.7 Å². The molecule has 0 bridgehead atoms. The summed E-state index contributed by atoms with van der Waals surface area (Å²) in [5.41, 5.74) is 3.93. The maximum absolute atomic E-state index is 13.9. The van der Waals surface area contributed by atoms with Crippen LogP contribution in [0.1, 0.15) is 69.3 Å². The van der Waals surface area contributed by atoms with Crippen molar-refractivity contribution in [2.45, 2.75) is 59.8 Å². The summed E-state index contributed by atoms with van der Waals surface area (Å²) in [6.07, 6.45) is 5.85. The molecule has 0 spiro atoms. The molecule has 184 valence electrons. The predicted octanol–water partition coefficient (Wildman–Crippen LogP) is 7.10. The number of hydrogen-bond donors (Lipinski definition) is 0. The average molecular weight is 473 g/mol. The number of benzene rings is 2. The van der Waals surface area contributed by atoms with Crippen LogP contribution in [0.4, 0.5) is 0 Å². The first-order valence-corrected chi connectivity index (χ1v) is 12.4. The molecular formula is C31H36O4. The highest BCUT2D eigenvalue weighted by Crippen LogP contribution is 2.60. The molecule has 0 atom stereocenters. The molecule has 0 fully saturated rings. The van der Waals surface area contributed by atoms with Gasteiger partial charge in [0.05, 0.1) is 11.0 Å². The van der Waals surface area contributed by atoms with Crippen LogP contribution in [0.25, 0.3) is 0 Å². The lowest BCUT2D eigenvalue weighted by molar-refractivity contribution is -0.145.